The molecule has 0 aliphatic rings. The van der Waals surface area contributed by atoms with Gasteiger partial charge in [0.1, 0.15) is 5.60 Å². The molecular weight excluding hydrogens is 186 g/mol. The fraction of sp³-hybridized carbons (Fsp3) is 0.750. The zero-order valence-corrected chi connectivity index (χ0v) is 8.94. The predicted molar refractivity (Wildman–Crippen MR) is 52.1 cm³/mol. The lowest BCUT2D eigenvalue weighted by Crippen LogP contribution is -2.47. The van der Waals surface area contributed by atoms with E-state index in [1.165, 1.54) is 12.0 Å². The number of ether oxygens (including phenoxy) is 1. The second-order valence-electron chi connectivity index (χ2n) is 3.47. The molecule has 0 fully saturated rings. The van der Waals surface area contributed by atoms with Gasteiger partial charge < -0.3 is 20.6 Å². The zero-order chi connectivity index (χ0) is 11.4. The van der Waals surface area contributed by atoms with Crippen molar-refractivity contribution in [3.63, 3.8) is 0 Å². The molecule has 0 saturated heterocycles. The van der Waals surface area contributed by atoms with Crippen molar-refractivity contribution in [3.05, 3.63) is 0 Å². The first-order valence-electron chi connectivity index (χ1n) is 4.12. The minimum absolute atomic E-state index is 0.0206. The van der Waals surface area contributed by atoms with Crippen LogP contribution in [0.3, 0.4) is 0 Å². The van der Waals surface area contributed by atoms with Gasteiger partial charge in [0.15, 0.2) is 5.84 Å². The first kappa shape index (κ1) is 12.7. The molecule has 14 heavy (non-hydrogen) atoms. The Kier molecular flexibility index (Phi) is 4.36. The number of carbonyl (C=O) groups excluding carboxylic acids is 1. The number of amides is 1. The summed E-state index contributed by atoms with van der Waals surface area (Å²) in [6, 6.07) is 0. The zero-order valence-electron chi connectivity index (χ0n) is 8.94. The van der Waals surface area contributed by atoms with Crippen LogP contribution in [0.15, 0.2) is 5.16 Å². The SMILES string of the molecule is COC(C)(C)C(=O)N(C)CC(N)=NO. The maximum Gasteiger partial charge on any atom is 0.254 e. The summed E-state index contributed by atoms with van der Waals surface area (Å²) < 4.78 is 5.00. The Morgan fingerprint density at radius 2 is 2.14 bits per heavy atom. The van der Waals surface area contributed by atoms with Gasteiger partial charge in [-0.25, -0.2) is 0 Å². The van der Waals surface area contributed by atoms with Crippen molar-refractivity contribution in [1.29, 1.82) is 0 Å². The second kappa shape index (κ2) is 4.80. The molecule has 0 saturated carbocycles. The first-order chi connectivity index (χ1) is 6.35. The molecule has 6 heteroatoms. The van der Waals surface area contributed by atoms with Crippen molar-refractivity contribution in [1.82, 2.24) is 4.90 Å². The van der Waals surface area contributed by atoms with E-state index in [9.17, 15) is 4.79 Å². The number of methoxy groups -OCH3 is 1. The highest BCUT2D eigenvalue weighted by Gasteiger charge is 2.30. The first-order valence-corrected chi connectivity index (χ1v) is 4.12. The lowest BCUT2D eigenvalue weighted by Gasteiger charge is -2.27. The molecule has 3 N–H and O–H groups in total. The van der Waals surface area contributed by atoms with Crippen LogP contribution in [-0.2, 0) is 9.53 Å². The summed E-state index contributed by atoms with van der Waals surface area (Å²) in [6.07, 6.45) is 0. The van der Waals surface area contributed by atoms with E-state index in [0.29, 0.717) is 0 Å². The number of nitrogens with zero attached hydrogens (tertiary/aromatic N) is 2. The highest BCUT2D eigenvalue weighted by Crippen LogP contribution is 2.10. The summed E-state index contributed by atoms with van der Waals surface area (Å²) in [5.41, 5.74) is 4.36. The highest BCUT2D eigenvalue weighted by atomic mass is 16.5. The normalized spacial score (nSPS) is 12.7. The van der Waals surface area contributed by atoms with E-state index < -0.39 is 5.60 Å². The minimum Gasteiger partial charge on any atom is -0.409 e. The average Bonchev–Trinajstić information content (AvgIpc) is 2.16. The number of hydrogen-bond donors (Lipinski definition) is 2. The van der Waals surface area contributed by atoms with E-state index >= 15 is 0 Å². The molecule has 6 nitrogen and oxygen atoms in total. The molecule has 82 valence electrons. The summed E-state index contributed by atoms with van der Waals surface area (Å²) in [7, 11) is 3.01. The topological polar surface area (TPSA) is 88.2 Å². The molecule has 0 aliphatic carbocycles. The molecule has 0 spiro atoms. The highest BCUT2D eigenvalue weighted by molar-refractivity contribution is 5.90. The minimum atomic E-state index is -0.898. The third kappa shape index (κ3) is 3.21. The van der Waals surface area contributed by atoms with Gasteiger partial charge >= 0.3 is 0 Å². The molecule has 0 atom stereocenters. The van der Waals surface area contributed by atoms with Crippen LogP contribution in [0.4, 0.5) is 0 Å². The standard InChI is InChI=1S/C8H17N3O3/c1-8(2,14-4)7(12)11(3)5-6(9)10-13/h13H,5H2,1-4H3,(H2,9,10). The van der Waals surface area contributed by atoms with Crippen LogP contribution in [-0.4, -0.2) is 48.2 Å². The van der Waals surface area contributed by atoms with Gasteiger partial charge in [0.05, 0.1) is 6.54 Å². The van der Waals surface area contributed by atoms with Gasteiger partial charge in [-0.05, 0) is 13.8 Å². The molecule has 0 aromatic rings. The predicted octanol–water partition coefficient (Wildman–Crippen LogP) is -0.384. The fourth-order valence-corrected chi connectivity index (χ4v) is 0.893. The van der Waals surface area contributed by atoms with Gasteiger partial charge in [0.25, 0.3) is 5.91 Å². The Bertz CT molecular complexity index is 238. The van der Waals surface area contributed by atoms with Crippen molar-refractivity contribution in [2.45, 2.75) is 19.4 Å². The van der Waals surface area contributed by atoms with Crippen LogP contribution in [0.1, 0.15) is 13.8 Å². The molecule has 1 amide bonds. The van der Waals surface area contributed by atoms with E-state index in [1.807, 2.05) is 0 Å². The van der Waals surface area contributed by atoms with E-state index in [2.05, 4.69) is 5.16 Å². The van der Waals surface area contributed by atoms with Crippen molar-refractivity contribution >= 4 is 11.7 Å². The van der Waals surface area contributed by atoms with E-state index in [0.717, 1.165) is 0 Å². The molecule has 0 bridgehead atoms. The van der Waals surface area contributed by atoms with Gasteiger partial charge in [-0.1, -0.05) is 5.16 Å². The molecule has 0 unspecified atom stereocenters. The Labute approximate surface area is 83.3 Å². The van der Waals surface area contributed by atoms with E-state index in [1.54, 1.807) is 20.9 Å². The number of nitrogens with two attached hydrogens (primary N) is 1. The van der Waals surface area contributed by atoms with Crippen molar-refractivity contribution in [2.24, 2.45) is 10.9 Å². The summed E-state index contributed by atoms with van der Waals surface area (Å²) in [5, 5.41) is 11.1. The number of rotatable bonds is 4. The Morgan fingerprint density at radius 3 is 2.50 bits per heavy atom. The van der Waals surface area contributed by atoms with Gasteiger partial charge in [0, 0.05) is 14.2 Å². The maximum atomic E-state index is 11.7. The van der Waals surface area contributed by atoms with Crippen molar-refractivity contribution in [3.8, 4) is 0 Å². The summed E-state index contributed by atoms with van der Waals surface area (Å²) in [6.45, 7) is 3.37. The maximum absolute atomic E-state index is 11.7. The molecule has 0 heterocycles. The molecular formula is C8H17N3O3. The number of amidine groups is 1. The molecule has 0 aromatic heterocycles. The number of oxime groups is 1. The molecule has 0 aliphatic heterocycles. The molecule has 0 aromatic carbocycles. The van der Waals surface area contributed by atoms with Crippen molar-refractivity contribution in [2.75, 3.05) is 20.7 Å². The Hall–Kier alpha value is -1.30. The average molecular weight is 203 g/mol. The van der Waals surface area contributed by atoms with Crippen LogP contribution in [0.25, 0.3) is 0 Å². The lowest BCUT2D eigenvalue weighted by atomic mass is 10.1. The third-order valence-corrected chi connectivity index (χ3v) is 1.90. The van der Waals surface area contributed by atoms with E-state index in [-0.39, 0.29) is 18.3 Å². The Morgan fingerprint density at radius 1 is 1.64 bits per heavy atom. The van der Waals surface area contributed by atoms with Gasteiger partial charge in [-0.3, -0.25) is 4.79 Å². The number of hydrogen-bond acceptors (Lipinski definition) is 4. The quantitative estimate of drug-likeness (QED) is 0.282. The smallest absolute Gasteiger partial charge is 0.254 e. The van der Waals surface area contributed by atoms with Crippen LogP contribution in [0.5, 0.6) is 0 Å². The largest absolute Gasteiger partial charge is 0.409 e. The number of likely N-dealkylation sites (N-methyl/N-ethyl adjacent to an activating group) is 1. The van der Waals surface area contributed by atoms with Gasteiger partial charge in [-0.2, -0.15) is 0 Å². The summed E-state index contributed by atoms with van der Waals surface area (Å²) in [5.74, 6) is -0.251. The van der Waals surface area contributed by atoms with Crippen molar-refractivity contribution < 1.29 is 14.7 Å². The van der Waals surface area contributed by atoms with Gasteiger partial charge in [0.2, 0.25) is 0 Å². The summed E-state index contributed by atoms with van der Waals surface area (Å²) >= 11 is 0. The van der Waals surface area contributed by atoms with E-state index in [4.69, 9.17) is 15.7 Å². The summed E-state index contributed by atoms with van der Waals surface area (Å²) in [4.78, 5) is 13.0. The molecule has 0 rings (SSSR count). The molecule has 0 radical (unpaired) electrons. The third-order valence-electron chi connectivity index (χ3n) is 1.90. The fourth-order valence-electron chi connectivity index (χ4n) is 0.893. The van der Waals surface area contributed by atoms with Gasteiger partial charge in [-0.15, -0.1) is 0 Å². The van der Waals surface area contributed by atoms with Crippen LogP contribution < -0.4 is 5.73 Å². The van der Waals surface area contributed by atoms with Crippen LogP contribution >= 0.6 is 0 Å². The number of carbonyl (C=O) groups is 1. The second-order valence-corrected chi connectivity index (χ2v) is 3.47. The Balaban J connectivity index is 4.41. The van der Waals surface area contributed by atoms with Crippen LogP contribution in [0.2, 0.25) is 0 Å². The van der Waals surface area contributed by atoms with Crippen LogP contribution in [0, 0.1) is 0 Å². The lowest BCUT2D eigenvalue weighted by molar-refractivity contribution is -0.148. The monoisotopic (exact) mass is 203 g/mol.